The van der Waals surface area contributed by atoms with Crippen LogP contribution in [-0.4, -0.2) is 41.5 Å². The largest absolute Gasteiger partial charge is 0.481 e. The van der Waals surface area contributed by atoms with Crippen molar-refractivity contribution < 1.29 is 14.7 Å². The van der Waals surface area contributed by atoms with E-state index in [0.29, 0.717) is 6.54 Å². The van der Waals surface area contributed by atoms with Crippen LogP contribution in [0.25, 0.3) is 0 Å². The lowest BCUT2D eigenvalue weighted by atomic mass is 9.87. The first-order valence-corrected chi connectivity index (χ1v) is 6.08. The zero-order valence-electron chi connectivity index (χ0n) is 10.0. The standard InChI is InChI=1S/C12H18N2O3/c1-2-4-14-5-3-10-9(7-14)8(12(16)17)6-11(15)13-10/h8H,2-7H2,1H3,(H,13,15)(H,16,17). The first-order valence-electron chi connectivity index (χ1n) is 6.08. The summed E-state index contributed by atoms with van der Waals surface area (Å²) in [5.41, 5.74) is 1.75. The number of carbonyl (C=O) groups excluding carboxylic acids is 1. The number of hydrogen-bond donors (Lipinski definition) is 2. The number of carboxylic acid groups (broad SMARTS) is 1. The van der Waals surface area contributed by atoms with Crippen molar-refractivity contribution >= 4 is 11.9 Å². The lowest BCUT2D eigenvalue weighted by Crippen LogP contribution is -2.44. The van der Waals surface area contributed by atoms with Crippen molar-refractivity contribution in [2.45, 2.75) is 26.2 Å². The smallest absolute Gasteiger partial charge is 0.311 e. The van der Waals surface area contributed by atoms with Crippen molar-refractivity contribution in [1.82, 2.24) is 10.2 Å². The first kappa shape index (κ1) is 12.1. The van der Waals surface area contributed by atoms with Crippen LogP contribution in [0.15, 0.2) is 11.3 Å². The molecular weight excluding hydrogens is 220 g/mol. The van der Waals surface area contributed by atoms with Gasteiger partial charge in [0.05, 0.1) is 5.92 Å². The Bertz CT molecular complexity index is 376. The van der Waals surface area contributed by atoms with E-state index in [9.17, 15) is 14.7 Å². The molecule has 2 N–H and O–H groups in total. The normalized spacial score (nSPS) is 25.5. The third-order valence-corrected chi connectivity index (χ3v) is 3.40. The number of amides is 1. The van der Waals surface area contributed by atoms with Gasteiger partial charge < -0.3 is 10.4 Å². The second-order valence-corrected chi connectivity index (χ2v) is 4.67. The Morgan fingerprint density at radius 1 is 1.59 bits per heavy atom. The maximum Gasteiger partial charge on any atom is 0.311 e. The van der Waals surface area contributed by atoms with Crippen molar-refractivity contribution in [2.24, 2.45) is 5.92 Å². The molecule has 1 unspecified atom stereocenters. The van der Waals surface area contributed by atoms with E-state index in [0.717, 1.165) is 37.2 Å². The molecule has 0 saturated carbocycles. The van der Waals surface area contributed by atoms with Crippen LogP contribution in [-0.2, 0) is 9.59 Å². The molecule has 0 spiro atoms. The third kappa shape index (κ3) is 2.49. The van der Waals surface area contributed by atoms with Crippen molar-refractivity contribution in [3.05, 3.63) is 11.3 Å². The lowest BCUT2D eigenvalue weighted by Gasteiger charge is -2.35. The van der Waals surface area contributed by atoms with E-state index in [2.05, 4.69) is 17.1 Å². The number of nitrogens with one attached hydrogen (secondary N) is 1. The lowest BCUT2D eigenvalue weighted by molar-refractivity contribution is -0.143. The fourth-order valence-electron chi connectivity index (χ4n) is 2.58. The van der Waals surface area contributed by atoms with Gasteiger partial charge in [0.2, 0.25) is 5.91 Å². The molecule has 0 saturated heterocycles. The first-order chi connectivity index (χ1) is 8.11. The zero-order valence-corrected chi connectivity index (χ0v) is 10.0. The van der Waals surface area contributed by atoms with Crippen LogP contribution in [0.1, 0.15) is 26.2 Å². The Morgan fingerprint density at radius 3 is 3.00 bits per heavy atom. The number of rotatable bonds is 3. The fraction of sp³-hybridized carbons (Fsp3) is 0.667. The number of aliphatic carboxylic acids is 1. The van der Waals surface area contributed by atoms with Crippen LogP contribution in [0.5, 0.6) is 0 Å². The molecule has 2 heterocycles. The highest BCUT2D eigenvalue weighted by molar-refractivity contribution is 5.87. The summed E-state index contributed by atoms with van der Waals surface area (Å²) >= 11 is 0. The van der Waals surface area contributed by atoms with Gasteiger partial charge in [-0.05, 0) is 18.5 Å². The quantitative estimate of drug-likeness (QED) is 0.754. The Labute approximate surface area is 100 Å². The van der Waals surface area contributed by atoms with E-state index in [-0.39, 0.29) is 12.3 Å². The molecule has 1 amide bonds. The number of hydrogen-bond acceptors (Lipinski definition) is 3. The highest BCUT2D eigenvalue weighted by atomic mass is 16.4. The molecule has 0 aliphatic carbocycles. The van der Waals surface area contributed by atoms with E-state index >= 15 is 0 Å². The van der Waals surface area contributed by atoms with Crippen molar-refractivity contribution in [1.29, 1.82) is 0 Å². The van der Waals surface area contributed by atoms with Gasteiger partial charge in [-0.2, -0.15) is 0 Å². The average molecular weight is 238 g/mol. The summed E-state index contributed by atoms with van der Waals surface area (Å²) in [6.45, 7) is 4.68. The molecule has 0 aromatic rings. The maximum atomic E-state index is 11.4. The highest BCUT2D eigenvalue weighted by Crippen LogP contribution is 2.29. The Morgan fingerprint density at radius 2 is 2.35 bits per heavy atom. The van der Waals surface area contributed by atoms with Gasteiger partial charge in [0.1, 0.15) is 0 Å². The van der Waals surface area contributed by atoms with Crippen LogP contribution in [0.2, 0.25) is 0 Å². The molecule has 0 radical (unpaired) electrons. The second-order valence-electron chi connectivity index (χ2n) is 4.67. The molecule has 17 heavy (non-hydrogen) atoms. The molecule has 5 heteroatoms. The summed E-state index contributed by atoms with van der Waals surface area (Å²) in [5.74, 6) is -1.68. The number of carbonyl (C=O) groups is 2. The van der Waals surface area contributed by atoms with Gasteiger partial charge in [0.25, 0.3) is 0 Å². The molecule has 0 aromatic carbocycles. The molecular formula is C12H18N2O3. The molecule has 2 rings (SSSR count). The predicted octanol–water partition coefficient (Wildman–Crippen LogP) is 0.577. The van der Waals surface area contributed by atoms with E-state index < -0.39 is 11.9 Å². The molecule has 94 valence electrons. The monoisotopic (exact) mass is 238 g/mol. The SMILES string of the molecule is CCCN1CCC2=C(C1)C(C(=O)O)CC(=O)N2. The van der Waals surface area contributed by atoms with Crippen molar-refractivity contribution in [3.8, 4) is 0 Å². The highest BCUT2D eigenvalue weighted by Gasteiger charge is 2.35. The van der Waals surface area contributed by atoms with Crippen LogP contribution < -0.4 is 5.32 Å². The van der Waals surface area contributed by atoms with E-state index in [1.54, 1.807) is 0 Å². The van der Waals surface area contributed by atoms with Crippen molar-refractivity contribution in [3.63, 3.8) is 0 Å². The minimum atomic E-state index is -0.884. The third-order valence-electron chi connectivity index (χ3n) is 3.40. The fourth-order valence-corrected chi connectivity index (χ4v) is 2.58. The van der Waals surface area contributed by atoms with Crippen LogP contribution >= 0.6 is 0 Å². The van der Waals surface area contributed by atoms with Gasteiger partial charge >= 0.3 is 5.97 Å². The van der Waals surface area contributed by atoms with E-state index in [1.807, 2.05) is 0 Å². The summed E-state index contributed by atoms with van der Waals surface area (Å²) in [5, 5.41) is 12.0. The molecule has 2 aliphatic rings. The minimum Gasteiger partial charge on any atom is -0.481 e. The minimum absolute atomic E-state index is 0.0775. The molecule has 2 aliphatic heterocycles. The van der Waals surface area contributed by atoms with Crippen LogP contribution in [0.3, 0.4) is 0 Å². The van der Waals surface area contributed by atoms with Crippen molar-refractivity contribution in [2.75, 3.05) is 19.6 Å². The van der Waals surface area contributed by atoms with E-state index in [4.69, 9.17) is 0 Å². The summed E-state index contributed by atoms with van der Waals surface area (Å²) in [7, 11) is 0. The summed E-state index contributed by atoms with van der Waals surface area (Å²) in [4.78, 5) is 24.9. The Hall–Kier alpha value is -1.36. The predicted molar refractivity (Wildman–Crippen MR) is 62.3 cm³/mol. The second kappa shape index (κ2) is 4.87. The van der Waals surface area contributed by atoms with Crippen LogP contribution in [0.4, 0.5) is 0 Å². The zero-order chi connectivity index (χ0) is 12.4. The molecule has 0 bridgehead atoms. The van der Waals surface area contributed by atoms with Gasteiger partial charge in [-0.15, -0.1) is 0 Å². The summed E-state index contributed by atoms with van der Waals surface area (Å²) in [6.07, 6.45) is 1.89. The average Bonchev–Trinajstić information content (AvgIpc) is 2.28. The van der Waals surface area contributed by atoms with Crippen LogP contribution in [0, 0.1) is 5.92 Å². The van der Waals surface area contributed by atoms with Gasteiger partial charge in [0.15, 0.2) is 0 Å². The molecule has 1 atom stereocenters. The van der Waals surface area contributed by atoms with Gasteiger partial charge in [-0.3, -0.25) is 14.5 Å². The number of nitrogens with zero attached hydrogens (tertiary/aromatic N) is 1. The van der Waals surface area contributed by atoms with Gasteiger partial charge in [-0.25, -0.2) is 0 Å². The van der Waals surface area contributed by atoms with E-state index in [1.165, 1.54) is 0 Å². The summed E-state index contributed by atoms with van der Waals surface area (Å²) < 4.78 is 0. The Kier molecular flexibility index (Phi) is 3.47. The molecule has 0 fully saturated rings. The molecule has 0 aromatic heterocycles. The van der Waals surface area contributed by atoms with Gasteiger partial charge in [-0.1, -0.05) is 6.92 Å². The maximum absolute atomic E-state index is 11.4. The topological polar surface area (TPSA) is 69.6 Å². The van der Waals surface area contributed by atoms with Gasteiger partial charge in [0, 0.05) is 31.6 Å². The Balaban J connectivity index is 2.20. The number of carboxylic acids is 1. The summed E-state index contributed by atoms with van der Waals surface area (Å²) in [6, 6.07) is 0. The molecule has 5 nitrogen and oxygen atoms in total.